The van der Waals surface area contributed by atoms with Crippen molar-refractivity contribution in [3.05, 3.63) is 42.3 Å². The fourth-order valence-corrected chi connectivity index (χ4v) is 2.70. The van der Waals surface area contributed by atoms with Gasteiger partial charge >= 0.3 is 0 Å². The smallest absolute Gasteiger partial charge is 0.226 e. The third-order valence-corrected chi connectivity index (χ3v) is 3.95. The first-order valence-electron chi connectivity index (χ1n) is 7.24. The topological polar surface area (TPSA) is 41.3 Å². The molecule has 0 unspecified atom stereocenters. The number of hydrogen-bond acceptors (Lipinski definition) is 4. The van der Waals surface area contributed by atoms with Crippen molar-refractivity contribution in [1.29, 1.82) is 0 Å². The number of hydrogen-bond donors (Lipinski definition) is 1. The monoisotopic (exact) mass is 307 g/mol. The Labute approximate surface area is 132 Å². The summed E-state index contributed by atoms with van der Waals surface area (Å²) in [4.78, 5) is 7.03. The molecule has 1 saturated heterocycles. The highest BCUT2D eigenvalue weighted by Gasteiger charge is 2.18. The summed E-state index contributed by atoms with van der Waals surface area (Å²) < 4.78 is 5.58. The number of halogens is 1. The van der Waals surface area contributed by atoms with E-state index in [-0.39, 0.29) is 12.4 Å². The molecule has 0 aliphatic carbocycles. The van der Waals surface area contributed by atoms with Gasteiger partial charge in [0.2, 0.25) is 5.89 Å². The molecule has 1 N–H and O–H groups in total. The van der Waals surface area contributed by atoms with Gasteiger partial charge in [-0.25, -0.2) is 4.98 Å². The van der Waals surface area contributed by atoms with Gasteiger partial charge in [0.25, 0.3) is 0 Å². The molecule has 0 saturated carbocycles. The molecule has 0 bridgehead atoms. The molecule has 2 heterocycles. The molecule has 5 heteroatoms. The van der Waals surface area contributed by atoms with E-state index in [9.17, 15) is 0 Å². The average Bonchev–Trinajstić information content (AvgIpc) is 2.97. The summed E-state index contributed by atoms with van der Waals surface area (Å²) in [6.07, 6.45) is 4.20. The number of benzene rings is 1. The van der Waals surface area contributed by atoms with Crippen LogP contribution in [-0.4, -0.2) is 36.1 Å². The lowest BCUT2D eigenvalue weighted by Gasteiger charge is -2.31. The Morgan fingerprint density at radius 1 is 1.24 bits per heavy atom. The van der Waals surface area contributed by atoms with Crippen molar-refractivity contribution in [3.63, 3.8) is 0 Å². The first kappa shape index (κ1) is 16.0. The summed E-state index contributed by atoms with van der Waals surface area (Å²) in [6.45, 7) is 3.13. The maximum Gasteiger partial charge on any atom is 0.226 e. The first-order valence-corrected chi connectivity index (χ1v) is 7.24. The van der Waals surface area contributed by atoms with Gasteiger partial charge in [-0.1, -0.05) is 18.2 Å². The zero-order valence-corrected chi connectivity index (χ0v) is 13.1. The van der Waals surface area contributed by atoms with E-state index >= 15 is 0 Å². The molecule has 1 fully saturated rings. The molecule has 1 aromatic heterocycles. The molecule has 0 amide bonds. The molecule has 0 radical (unpaired) electrons. The van der Waals surface area contributed by atoms with Crippen LogP contribution >= 0.6 is 12.4 Å². The highest BCUT2D eigenvalue weighted by Crippen LogP contribution is 2.19. The largest absolute Gasteiger partial charge is 0.444 e. The van der Waals surface area contributed by atoms with Gasteiger partial charge in [-0.3, -0.25) is 4.90 Å². The van der Waals surface area contributed by atoms with E-state index in [0.29, 0.717) is 11.9 Å². The number of nitrogens with zero attached hydrogens (tertiary/aromatic N) is 2. The molecule has 1 aliphatic heterocycles. The summed E-state index contributed by atoms with van der Waals surface area (Å²) >= 11 is 0. The lowest BCUT2D eigenvalue weighted by Crippen LogP contribution is -2.40. The minimum absolute atomic E-state index is 0. The minimum atomic E-state index is 0. The van der Waals surface area contributed by atoms with Crippen LogP contribution < -0.4 is 5.32 Å². The Bertz CT molecular complexity index is 535. The van der Waals surface area contributed by atoms with E-state index in [1.165, 1.54) is 12.8 Å². The van der Waals surface area contributed by atoms with E-state index in [2.05, 4.69) is 15.2 Å². The Hall–Kier alpha value is -1.36. The maximum atomic E-state index is 5.58. The average molecular weight is 308 g/mol. The summed E-state index contributed by atoms with van der Waals surface area (Å²) in [6, 6.07) is 10.7. The third-order valence-electron chi connectivity index (χ3n) is 3.95. The first-order chi connectivity index (χ1) is 9.85. The van der Waals surface area contributed by atoms with Crippen LogP contribution in [0, 0.1) is 0 Å². The maximum absolute atomic E-state index is 5.58. The zero-order chi connectivity index (χ0) is 13.8. The Morgan fingerprint density at radius 3 is 2.62 bits per heavy atom. The van der Waals surface area contributed by atoms with Crippen molar-refractivity contribution in [2.24, 2.45) is 0 Å². The molecular formula is C16H22ClN3O. The number of aromatic nitrogens is 1. The molecule has 0 spiro atoms. The van der Waals surface area contributed by atoms with Gasteiger partial charge in [0.1, 0.15) is 6.26 Å². The van der Waals surface area contributed by atoms with Crippen LogP contribution in [0.4, 0.5) is 0 Å². The molecule has 4 nitrogen and oxygen atoms in total. The van der Waals surface area contributed by atoms with Crippen LogP contribution in [0.3, 0.4) is 0 Å². The van der Waals surface area contributed by atoms with Crippen LogP contribution in [0.2, 0.25) is 0 Å². The Morgan fingerprint density at radius 2 is 1.95 bits per heavy atom. The van der Waals surface area contributed by atoms with Gasteiger partial charge in [-0.2, -0.15) is 0 Å². The summed E-state index contributed by atoms with van der Waals surface area (Å²) in [7, 11) is 2.05. The van der Waals surface area contributed by atoms with Crippen molar-refractivity contribution in [3.8, 4) is 11.5 Å². The van der Waals surface area contributed by atoms with Crippen LogP contribution in [-0.2, 0) is 6.54 Å². The van der Waals surface area contributed by atoms with E-state index in [1.54, 1.807) is 6.26 Å². The summed E-state index contributed by atoms with van der Waals surface area (Å²) in [5.41, 5.74) is 2.06. The standard InChI is InChI=1S/C16H21N3O.ClH/c1-17-14-7-9-19(10-8-14)11-15-12-20-16(18-15)13-5-3-2-4-6-13;/h2-6,12,14,17H,7-11H2,1H3;1H. The summed E-state index contributed by atoms with van der Waals surface area (Å²) in [5.74, 6) is 0.714. The van der Waals surface area contributed by atoms with Gasteiger partial charge in [0.15, 0.2) is 0 Å². The summed E-state index contributed by atoms with van der Waals surface area (Å²) in [5, 5.41) is 3.35. The quantitative estimate of drug-likeness (QED) is 0.943. The number of nitrogens with one attached hydrogen (secondary N) is 1. The molecule has 1 aromatic carbocycles. The molecule has 0 atom stereocenters. The second-order valence-corrected chi connectivity index (χ2v) is 5.35. The number of rotatable bonds is 4. The van der Waals surface area contributed by atoms with Crippen molar-refractivity contribution >= 4 is 12.4 Å². The van der Waals surface area contributed by atoms with Crippen LogP contribution in [0.5, 0.6) is 0 Å². The van der Waals surface area contributed by atoms with Crippen LogP contribution in [0.15, 0.2) is 41.0 Å². The molecule has 2 aromatic rings. The van der Waals surface area contributed by atoms with E-state index < -0.39 is 0 Å². The van der Waals surface area contributed by atoms with Crippen molar-refractivity contribution in [1.82, 2.24) is 15.2 Å². The molecule has 3 rings (SSSR count). The van der Waals surface area contributed by atoms with Crippen LogP contribution in [0.1, 0.15) is 18.5 Å². The van der Waals surface area contributed by atoms with Gasteiger partial charge in [-0.15, -0.1) is 12.4 Å². The van der Waals surface area contributed by atoms with E-state index in [0.717, 1.165) is 30.9 Å². The third kappa shape index (κ3) is 4.06. The fraction of sp³-hybridized carbons (Fsp3) is 0.438. The highest BCUT2D eigenvalue weighted by molar-refractivity contribution is 5.85. The number of piperidine rings is 1. The van der Waals surface area contributed by atoms with Crippen LogP contribution in [0.25, 0.3) is 11.5 Å². The predicted molar refractivity (Wildman–Crippen MR) is 86.5 cm³/mol. The zero-order valence-electron chi connectivity index (χ0n) is 12.3. The number of likely N-dealkylation sites (tertiary alicyclic amines) is 1. The van der Waals surface area contributed by atoms with E-state index in [1.807, 2.05) is 37.4 Å². The van der Waals surface area contributed by atoms with Crippen molar-refractivity contribution in [2.75, 3.05) is 20.1 Å². The minimum Gasteiger partial charge on any atom is -0.444 e. The second-order valence-electron chi connectivity index (χ2n) is 5.35. The molecule has 21 heavy (non-hydrogen) atoms. The second kappa shape index (κ2) is 7.59. The lowest BCUT2D eigenvalue weighted by atomic mass is 10.1. The van der Waals surface area contributed by atoms with Gasteiger partial charge in [0, 0.05) is 31.2 Å². The Kier molecular flexibility index (Phi) is 5.79. The normalized spacial score (nSPS) is 16.6. The van der Waals surface area contributed by atoms with Crippen molar-refractivity contribution < 1.29 is 4.42 Å². The van der Waals surface area contributed by atoms with Gasteiger partial charge < -0.3 is 9.73 Å². The fourth-order valence-electron chi connectivity index (χ4n) is 2.70. The SMILES string of the molecule is CNC1CCN(Cc2coc(-c3ccccc3)n2)CC1.Cl. The van der Waals surface area contributed by atoms with Gasteiger partial charge in [-0.05, 0) is 32.0 Å². The Balaban J connectivity index is 0.00000161. The molecular weight excluding hydrogens is 286 g/mol. The van der Waals surface area contributed by atoms with Gasteiger partial charge in [0.05, 0.1) is 5.69 Å². The molecule has 114 valence electrons. The predicted octanol–water partition coefficient (Wildman–Crippen LogP) is 2.95. The van der Waals surface area contributed by atoms with E-state index in [4.69, 9.17) is 4.42 Å². The lowest BCUT2D eigenvalue weighted by molar-refractivity contribution is 0.192. The highest BCUT2D eigenvalue weighted by atomic mass is 35.5. The van der Waals surface area contributed by atoms with Crippen molar-refractivity contribution in [2.45, 2.75) is 25.4 Å². The number of oxazole rings is 1. The molecule has 1 aliphatic rings.